The van der Waals surface area contributed by atoms with Gasteiger partial charge in [-0.2, -0.15) is 9.82 Å². The molecule has 1 amide bonds. The van der Waals surface area contributed by atoms with Gasteiger partial charge in [0.2, 0.25) is 15.9 Å². The first-order valence-electron chi connectivity index (χ1n) is 8.04. The Morgan fingerprint density at radius 2 is 2.08 bits per heavy atom. The Morgan fingerprint density at radius 1 is 1.36 bits per heavy atom. The molecular formula is C16H24N4O4S. The molecule has 0 aliphatic carbocycles. The van der Waals surface area contributed by atoms with E-state index in [-0.39, 0.29) is 17.4 Å². The summed E-state index contributed by atoms with van der Waals surface area (Å²) < 4.78 is 33.1. The summed E-state index contributed by atoms with van der Waals surface area (Å²) in [5.74, 6) is 0.335. The summed E-state index contributed by atoms with van der Waals surface area (Å²) in [5.41, 5.74) is 0.800. The van der Waals surface area contributed by atoms with Crippen LogP contribution >= 0.6 is 0 Å². The molecule has 0 saturated heterocycles. The maximum atomic E-state index is 12.7. The largest absolute Gasteiger partial charge is 0.467 e. The molecular weight excluding hydrogens is 344 g/mol. The Kier molecular flexibility index (Phi) is 6.02. The predicted molar refractivity (Wildman–Crippen MR) is 92.2 cm³/mol. The number of sulfonamides is 1. The molecule has 0 unspecified atom stereocenters. The molecule has 0 bridgehead atoms. The van der Waals surface area contributed by atoms with Crippen LogP contribution in [0, 0.1) is 19.8 Å². The predicted octanol–water partition coefficient (Wildman–Crippen LogP) is 1.63. The highest BCUT2D eigenvalue weighted by atomic mass is 32.2. The highest BCUT2D eigenvalue weighted by molar-refractivity contribution is 7.89. The molecule has 0 fully saturated rings. The quantitative estimate of drug-likeness (QED) is 0.655. The Bertz CT molecular complexity index is 790. The number of aryl methyl sites for hydroxylation is 2. The summed E-state index contributed by atoms with van der Waals surface area (Å²) in [6.07, 6.45) is 1.89. The lowest BCUT2D eigenvalue weighted by molar-refractivity contribution is -0.123. The van der Waals surface area contributed by atoms with Crippen LogP contribution in [0.3, 0.4) is 0 Å². The second-order valence-corrected chi connectivity index (χ2v) is 8.01. The Morgan fingerprint density at radius 3 is 2.60 bits per heavy atom. The van der Waals surface area contributed by atoms with Crippen molar-refractivity contribution in [2.75, 3.05) is 0 Å². The van der Waals surface area contributed by atoms with Crippen molar-refractivity contribution >= 4 is 15.9 Å². The van der Waals surface area contributed by atoms with E-state index >= 15 is 0 Å². The third kappa shape index (κ3) is 4.93. The lowest BCUT2D eigenvalue weighted by atomic mass is 10.0. The summed E-state index contributed by atoms with van der Waals surface area (Å²) >= 11 is 0. The van der Waals surface area contributed by atoms with Gasteiger partial charge in [0.1, 0.15) is 16.7 Å². The average Bonchev–Trinajstić information content (AvgIpc) is 3.13. The number of hydrogen-bond acceptors (Lipinski definition) is 5. The summed E-state index contributed by atoms with van der Waals surface area (Å²) in [7, 11) is -3.87. The van der Waals surface area contributed by atoms with E-state index < -0.39 is 22.0 Å². The van der Waals surface area contributed by atoms with Crippen LogP contribution in [-0.4, -0.2) is 30.6 Å². The van der Waals surface area contributed by atoms with E-state index in [2.05, 4.69) is 20.2 Å². The number of furan rings is 1. The number of carbonyl (C=O) groups excluding carboxylic acids is 1. The molecule has 0 radical (unpaired) electrons. The molecule has 0 aromatic carbocycles. The van der Waals surface area contributed by atoms with E-state index in [1.54, 1.807) is 26.0 Å². The third-order valence-corrected chi connectivity index (χ3v) is 5.40. The highest BCUT2D eigenvalue weighted by Gasteiger charge is 2.29. The standard InChI is InChI=1S/C16H24N4O4S/c1-10(2)8-14(16(21)17-9-13-6-5-7-24-13)20-25(22,23)15-11(3)18-19-12(15)4/h5-7,10,14,20H,8-9H2,1-4H3,(H,17,21)(H,18,19)/t14-/m0/s1. The molecule has 0 aliphatic rings. The van der Waals surface area contributed by atoms with Crippen molar-refractivity contribution in [1.29, 1.82) is 0 Å². The topological polar surface area (TPSA) is 117 Å². The van der Waals surface area contributed by atoms with Crippen molar-refractivity contribution < 1.29 is 17.6 Å². The van der Waals surface area contributed by atoms with Crippen LogP contribution in [0.25, 0.3) is 0 Å². The number of hydrogen-bond donors (Lipinski definition) is 3. The van der Waals surface area contributed by atoms with E-state index in [0.29, 0.717) is 23.6 Å². The summed E-state index contributed by atoms with van der Waals surface area (Å²) in [5, 5.41) is 9.26. The number of nitrogens with one attached hydrogen (secondary N) is 3. The molecule has 8 nitrogen and oxygen atoms in total. The maximum Gasteiger partial charge on any atom is 0.244 e. The molecule has 2 heterocycles. The van der Waals surface area contributed by atoms with Crippen molar-refractivity contribution in [3.8, 4) is 0 Å². The van der Waals surface area contributed by atoms with Crippen molar-refractivity contribution in [2.45, 2.75) is 51.6 Å². The van der Waals surface area contributed by atoms with Crippen molar-refractivity contribution in [3.05, 3.63) is 35.5 Å². The molecule has 9 heteroatoms. The van der Waals surface area contributed by atoms with Gasteiger partial charge in [0.25, 0.3) is 0 Å². The fourth-order valence-corrected chi connectivity index (χ4v) is 4.15. The molecule has 2 aromatic rings. The number of aromatic amines is 1. The molecule has 138 valence electrons. The van der Waals surface area contributed by atoms with Gasteiger partial charge in [-0.25, -0.2) is 8.42 Å². The second-order valence-electron chi connectivity index (χ2n) is 6.36. The van der Waals surface area contributed by atoms with Crippen LogP contribution in [0.2, 0.25) is 0 Å². The van der Waals surface area contributed by atoms with E-state index in [1.165, 1.54) is 6.26 Å². The molecule has 3 N–H and O–H groups in total. The third-order valence-electron chi connectivity index (χ3n) is 3.67. The van der Waals surface area contributed by atoms with Crippen LogP contribution in [0.15, 0.2) is 27.7 Å². The zero-order valence-corrected chi connectivity index (χ0v) is 15.6. The van der Waals surface area contributed by atoms with Crippen molar-refractivity contribution in [1.82, 2.24) is 20.2 Å². The molecule has 0 aliphatic heterocycles. The van der Waals surface area contributed by atoms with E-state index in [0.717, 1.165) is 0 Å². The number of nitrogens with zero attached hydrogens (tertiary/aromatic N) is 1. The second kappa shape index (κ2) is 7.83. The van der Waals surface area contributed by atoms with Gasteiger partial charge in [0, 0.05) is 0 Å². The minimum Gasteiger partial charge on any atom is -0.467 e. The Labute approximate surface area is 147 Å². The Hall–Kier alpha value is -2.13. The summed E-state index contributed by atoms with van der Waals surface area (Å²) in [4.78, 5) is 12.6. The first kappa shape index (κ1) is 19.2. The first-order chi connectivity index (χ1) is 11.7. The number of amides is 1. The first-order valence-corrected chi connectivity index (χ1v) is 9.53. The van der Waals surface area contributed by atoms with Crippen LogP contribution in [0.4, 0.5) is 0 Å². The van der Waals surface area contributed by atoms with Gasteiger partial charge in [0.05, 0.1) is 24.2 Å². The smallest absolute Gasteiger partial charge is 0.244 e. The van der Waals surface area contributed by atoms with E-state index in [4.69, 9.17) is 4.42 Å². The fourth-order valence-electron chi connectivity index (χ4n) is 2.57. The summed E-state index contributed by atoms with van der Waals surface area (Å²) in [6, 6.07) is 2.58. The summed E-state index contributed by atoms with van der Waals surface area (Å²) in [6.45, 7) is 7.28. The maximum absolute atomic E-state index is 12.7. The number of H-pyrrole nitrogens is 1. The average molecular weight is 368 g/mol. The molecule has 0 spiro atoms. The zero-order valence-electron chi connectivity index (χ0n) is 14.8. The number of aromatic nitrogens is 2. The number of carbonyl (C=O) groups is 1. The molecule has 2 aromatic heterocycles. The normalized spacial score (nSPS) is 13.2. The van der Waals surface area contributed by atoms with Gasteiger partial charge >= 0.3 is 0 Å². The van der Waals surface area contributed by atoms with Gasteiger partial charge in [-0.3, -0.25) is 9.89 Å². The fraction of sp³-hybridized carbons (Fsp3) is 0.500. The van der Waals surface area contributed by atoms with Crippen LogP contribution in [0.1, 0.15) is 37.4 Å². The highest BCUT2D eigenvalue weighted by Crippen LogP contribution is 2.18. The van der Waals surface area contributed by atoms with Gasteiger partial charge < -0.3 is 9.73 Å². The lowest BCUT2D eigenvalue weighted by Gasteiger charge is -2.20. The van der Waals surface area contributed by atoms with Gasteiger partial charge in [-0.05, 0) is 38.3 Å². The molecule has 0 saturated carbocycles. The molecule has 25 heavy (non-hydrogen) atoms. The van der Waals surface area contributed by atoms with Gasteiger partial charge in [0.15, 0.2) is 0 Å². The monoisotopic (exact) mass is 368 g/mol. The van der Waals surface area contributed by atoms with Crippen LogP contribution < -0.4 is 10.0 Å². The molecule has 2 rings (SSSR count). The van der Waals surface area contributed by atoms with Gasteiger partial charge in [-0.1, -0.05) is 13.8 Å². The van der Waals surface area contributed by atoms with Gasteiger partial charge in [-0.15, -0.1) is 0 Å². The van der Waals surface area contributed by atoms with Crippen molar-refractivity contribution in [3.63, 3.8) is 0 Å². The Balaban J connectivity index is 2.15. The SMILES string of the molecule is Cc1n[nH]c(C)c1S(=O)(=O)N[C@@H](CC(C)C)C(=O)NCc1ccco1. The number of rotatable bonds is 8. The molecule has 1 atom stereocenters. The lowest BCUT2D eigenvalue weighted by Crippen LogP contribution is -2.47. The van der Waals surface area contributed by atoms with Crippen LogP contribution in [0.5, 0.6) is 0 Å². The minimum absolute atomic E-state index is 0.0834. The minimum atomic E-state index is -3.87. The zero-order chi connectivity index (χ0) is 18.6. The van der Waals surface area contributed by atoms with Crippen LogP contribution in [-0.2, 0) is 21.4 Å². The van der Waals surface area contributed by atoms with E-state index in [1.807, 2.05) is 13.8 Å². The van der Waals surface area contributed by atoms with Crippen molar-refractivity contribution in [2.24, 2.45) is 5.92 Å². The van der Waals surface area contributed by atoms with E-state index in [9.17, 15) is 13.2 Å².